The highest BCUT2D eigenvalue weighted by molar-refractivity contribution is 5.94. The van der Waals surface area contributed by atoms with Crippen molar-refractivity contribution in [2.75, 3.05) is 13.2 Å². The van der Waals surface area contributed by atoms with E-state index in [-0.39, 0.29) is 5.91 Å². The molecule has 1 aromatic heterocycles. The number of benzene rings is 2. The summed E-state index contributed by atoms with van der Waals surface area (Å²) < 4.78 is 7.74. The lowest BCUT2D eigenvalue weighted by atomic mass is 10.1. The van der Waals surface area contributed by atoms with Crippen molar-refractivity contribution in [3.8, 4) is 5.75 Å². The summed E-state index contributed by atoms with van der Waals surface area (Å²) in [6.07, 6.45) is 5.44. The normalized spacial score (nSPS) is 10.5. The fourth-order valence-electron chi connectivity index (χ4n) is 2.64. The highest BCUT2D eigenvalue weighted by Gasteiger charge is 2.06. The Morgan fingerprint density at radius 1 is 1.15 bits per heavy atom. The van der Waals surface area contributed by atoms with Crippen LogP contribution in [0.15, 0.2) is 61.2 Å². The predicted octanol–water partition coefficient (Wildman–Crippen LogP) is 3.36. The smallest absolute Gasteiger partial charge is 0.251 e. The quantitative estimate of drug-likeness (QED) is 0.666. The van der Waals surface area contributed by atoms with Gasteiger partial charge < -0.3 is 14.6 Å². The van der Waals surface area contributed by atoms with E-state index < -0.39 is 0 Å². The summed E-state index contributed by atoms with van der Waals surface area (Å²) >= 11 is 0. The molecule has 0 fully saturated rings. The monoisotopic (exact) mass is 349 g/mol. The molecule has 0 aliphatic rings. The molecular weight excluding hydrogens is 326 g/mol. The minimum absolute atomic E-state index is 0.0938. The minimum Gasteiger partial charge on any atom is -0.491 e. The van der Waals surface area contributed by atoms with Crippen LogP contribution in [0.1, 0.15) is 27.0 Å². The van der Waals surface area contributed by atoms with E-state index in [0.717, 1.165) is 29.0 Å². The first-order chi connectivity index (χ1) is 12.6. The summed E-state index contributed by atoms with van der Waals surface area (Å²) in [6.45, 7) is 5.69. The van der Waals surface area contributed by atoms with Crippen LogP contribution in [-0.2, 0) is 6.54 Å². The van der Waals surface area contributed by atoms with Crippen molar-refractivity contribution < 1.29 is 9.53 Å². The molecule has 2 aromatic carbocycles. The number of nitrogens with one attached hydrogen (secondary N) is 1. The molecular formula is C21H23N3O2. The third-order valence-corrected chi connectivity index (χ3v) is 4.13. The van der Waals surface area contributed by atoms with Gasteiger partial charge in [-0.1, -0.05) is 24.3 Å². The first-order valence-corrected chi connectivity index (χ1v) is 8.65. The Bertz CT molecular complexity index is 855. The fourth-order valence-corrected chi connectivity index (χ4v) is 2.64. The molecule has 5 nitrogen and oxygen atoms in total. The summed E-state index contributed by atoms with van der Waals surface area (Å²) in [5.41, 5.74) is 4.02. The average molecular weight is 349 g/mol. The highest BCUT2D eigenvalue weighted by atomic mass is 16.5. The standard InChI is InChI=1S/C21H23N3O2/c1-16-3-4-17(2)20(13-16)26-12-10-23-21(25)19-7-5-18(6-8-19)14-24-11-9-22-15-24/h3-9,11,13,15H,10,12,14H2,1-2H3,(H,23,25). The zero-order valence-electron chi connectivity index (χ0n) is 15.1. The number of imidazole rings is 1. The molecule has 0 saturated carbocycles. The molecule has 0 aliphatic carbocycles. The second-order valence-corrected chi connectivity index (χ2v) is 6.31. The van der Waals surface area contributed by atoms with Crippen molar-refractivity contribution in [2.24, 2.45) is 0 Å². The lowest BCUT2D eigenvalue weighted by Crippen LogP contribution is -2.28. The summed E-state index contributed by atoms with van der Waals surface area (Å²) in [6, 6.07) is 13.7. The van der Waals surface area contributed by atoms with E-state index in [1.165, 1.54) is 0 Å². The highest BCUT2D eigenvalue weighted by Crippen LogP contribution is 2.18. The number of amides is 1. The predicted molar refractivity (Wildman–Crippen MR) is 102 cm³/mol. The number of nitrogens with zero attached hydrogens (tertiary/aromatic N) is 2. The van der Waals surface area contributed by atoms with Gasteiger partial charge in [-0.25, -0.2) is 4.98 Å². The van der Waals surface area contributed by atoms with Crippen molar-refractivity contribution in [1.82, 2.24) is 14.9 Å². The van der Waals surface area contributed by atoms with Crippen molar-refractivity contribution in [3.63, 3.8) is 0 Å². The van der Waals surface area contributed by atoms with Gasteiger partial charge in [-0.05, 0) is 48.7 Å². The van der Waals surface area contributed by atoms with E-state index in [0.29, 0.717) is 18.7 Å². The molecule has 3 rings (SSSR count). The number of carbonyl (C=O) groups is 1. The van der Waals surface area contributed by atoms with Crippen molar-refractivity contribution >= 4 is 5.91 Å². The number of aryl methyl sites for hydroxylation is 2. The number of hydrogen-bond acceptors (Lipinski definition) is 3. The topological polar surface area (TPSA) is 56.1 Å². The maximum Gasteiger partial charge on any atom is 0.251 e. The van der Waals surface area contributed by atoms with Crippen LogP contribution in [0.2, 0.25) is 0 Å². The van der Waals surface area contributed by atoms with Gasteiger partial charge in [0.2, 0.25) is 0 Å². The van der Waals surface area contributed by atoms with Crippen LogP contribution in [-0.4, -0.2) is 28.6 Å². The Labute approximate surface area is 153 Å². The molecule has 1 heterocycles. The molecule has 0 spiro atoms. The Hall–Kier alpha value is -3.08. The summed E-state index contributed by atoms with van der Waals surface area (Å²) in [5, 5.41) is 2.89. The second kappa shape index (κ2) is 8.34. The van der Waals surface area contributed by atoms with E-state index in [9.17, 15) is 4.79 Å². The van der Waals surface area contributed by atoms with Gasteiger partial charge in [0, 0.05) is 24.5 Å². The van der Waals surface area contributed by atoms with Gasteiger partial charge in [0.15, 0.2) is 0 Å². The van der Waals surface area contributed by atoms with Crippen LogP contribution in [0.4, 0.5) is 0 Å². The molecule has 0 bridgehead atoms. The SMILES string of the molecule is Cc1ccc(C)c(OCCNC(=O)c2ccc(Cn3ccnc3)cc2)c1. The molecule has 0 unspecified atom stereocenters. The largest absolute Gasteiger partial charge is 0.491 e. The molecule has 0 aliphatic heterocycles. The van der Waals surface area contributed by atoms with Gasteiger partial charge in [-0.15, -0.1) is 0 Å². The van der Waals surface area contributed by atoms with Gasteiger partial charge in [0.1, 0.15) is 12.4 Å². The van der Waals surface area contributed by atoms with Gasteiger partial charge in [-0.2, -0.15) is 0 Å². The summed E-state index contributed by atoms with van der Waals surface area (Å²) in [4.78, 5) is 16.2. The summed E-state index contributed by atoms with van der Waals surface area (Å²) in [5.74, 6) is 0.770. The van der Waals surface area contributed by atoms with Crippen molar-refractivity contribution in [3.05, 3.63) is 83.4 Å². The van der Waals surface area contributed by atoms with Crippen molar-refractivity contribution in [1.29, 1.82) is 0 Å². The van der Waals surface area contributed by atoms with Crippen LogP contribution in [0.5, 0.6) is 5.75 Å². The molecule has 0 saturated heterocycles. The van der Waals surface area contributed by atoms with Gasteiger partial charge in [0.05, 0.1) is 12.9 Å². The molecule has 5 heteroatoms. The first kappa shape index (κ1) is 17.7. The Morgan fingerprint density at radius 3 is 2.69 bits per heavy atom. The third kappa shape index (κ3) is 4.72. The average Bonchev–Trinajstić information content (AvgIpc) is 3.15. The van der Waals surface area contributed by atoms with Gasteiger partial charge in [-0.3, -0.25) is 4.79 Å². The maximum atomic E-state index is 12.2. The number of rotatable bonds is 7. The second-order valence-electron chi connectivity index (χ2n) is 6.31. The van der Waals surface area contributed by atoms with E-state index >= 15 is 0 Å². The number of carbonyl (C=O) groups excluding carboxylic acids is 1. The molecule has 26 heavy (non-hydrogen) atoms. The number of aromatic nitrogens is 2. The number of ether oxygens (including phenoxy) is 1. The van der Waals surface area contributed by atoms with Crippen LogP contribution in [0.3, 0.4) is 0 Å². The zero-order chi connectivity index (χ0) is 18.4. The molecule has 0 atom stereocenters. The van der Waals surface area contributed by atoms with Gasteiger partial charge in [0.25, 0.3) is 5.91 Å². The molecule has 134 valence electrons. The van der Waals surface area contributed by atoms with Gasteiger partial charge >= 0.3 is 0 Å². The lowest BCUT2D eigenvalue weighted by Gasteiger charge is -2.11. The molecule has 0 radical (unpaired) electrons. The van der Waals surface area contributed by atoms with Crippen LogP contribution < -0.4 is 10.1 Å². The van der Waals surface area contributed by atoms with E-state index in [4.69, 9.17) is 4.74 Å². The first-order valence-electron chi connectivity index (χ1n) is 8.65. The maximum absolute atomic E-state index is 12.2. The van der Waals surface area contributed by atoms with Crippen molar-refractivity contribution in [2.45, 2.75) is 20.4 Å². The fraction of sp³-hybridized carbons (Fsp3) is 0.238. The Morgan fingerprint density at radius 2 is 1.96 bits per heavy atom. The van der Waals surface area contributed by atoms with E-state index in [2.05, 4.69) is 16.4 Å². The molecule has 3 aromatic rings. The Balaban J connectivity index is 1.46. The van der Waals surface area contributed by atoms with E-state index in [1.807, 2.05) is 61.0 Å². The summed E-state index contributed by atoms with van der Waals surface area (Å²) in [7, 11) is 0. The molecule has 1 N–H and O–H groups in total. The van der Waals surface area contributed by atoms with Crippen LogP contribution in [0, 0.1) is 13.8 Å². The van der Waals surface area contributed by atoms with E-state index in [1.54, 1.807) is 12.5 Å². The Kier molecular flexibility index (Phi) is 5.69. The number of hydrogen-bond donors (Lipinski definition) is 1. The van der Waals surface area contributed by atoms with Crippen LogP contribution >= 0.6 is 0 Å². The molecule has 1 amide bonds. The zero-order valence-corrected chi connectivity index (χ0v) is 15.1. The van der Waals surface area contributed by atoms with Crippen LogP contribution in [0.25, 0.3) is 0 Å². The lowest BCUT2D eigenvalue weighted by molar-refractivity contribution is 0.0947. The minimum atomic E-state index is -0.0938. The third-order valence-electron chi connectivity index (χ3n) is 4.13.